The van der Waals surface area contributed by atoms with Crippen LogP contribution in [0.1, 0.15) is 17.7 Å². The van der Waals surface area contributed by atoms with Gasteiger partial charge in [-0.05, 0) is 36.2 Å². The summed E-state index contributed by atoms with van der Waals surface area (Å²) in [5.41, 5.74) is 1.45. The second kappa shape index (κ2) is 9.95. The van der Waals surface area contributed by atoms with E-state index in [1.54, 1.807) is 30.5 Å². The van der Waals surface area contributed by atoms with Gasteiger partial charge in [0.05, 0.1) is 18.6 Å². The van der Waals surface area contributed by atoms with E-state index in [4.69, 9.17) is 9.15 Å². The van der Waals surface area contributed by atoms with Crippen molar-refractivity contribution >= 4 is 34.6 Å². The Kier molecular flexibility index (Phi) is 7.10. The van der Waals surface area contributed by atoms with Crippen LogP contribution in [0.25, 0.3) is 0 Å². The van der Waals surface area contributed by atoms with Crippen molar-refractivity contribution in [1.29, 1.82) is 0 Å². The number of carbonyl (C=O) groups excluding carboxylic acids is 3. The van der Waals surface area contributed by atoms with Crippen LogP contribution in [0.15, 0.2) is 47.1 Å². The second-order valence-electron chi connectivity index (χ2n) is 6.10. The largest absolute Gasteiger partial charge is 0.467 e. The van der Waals surface area contributed by atoms with Crippen molar-refractivity contribution in [3.05, 3.63) is 54.0 Å². The Morgan fingerprint density at radius 2 is 2.04 bits per heavy atom. The molecule has 1 aromatic carbocycles. The summed E-state index contributed by atoms with van der Waals surface area (Å²) in [5.74, 6) is 0.795. The summed E-state index contributed by atoms with van der Waals surface area (Å²) in [6, 6.07) is 10.4. The van der Waals surface area contributed by atoms with Gasteiger partial charge in [-0.1, -0.05) is 23.9 Å². The molecule has 0 unspecified atom stereocenters. The van der Waals surface area contributed by atoms with Crippen molar-refractivity contribution < 1.29 is 23.5 Å². The third-order valence-electron chi connectivity index (χ3n) is 3.97. The van der Waals surface area contributed by atoms with Crippen LogP contribution in [-0.4, -0.2) is 41.0 Å². The van der Waals surface area contributed by atoms with Crippen LogP contribution in [0.5, 0.6) is 0 Å². The topological polar surface area (TPSA) is 101 Å². The number of hydrogen-bond donors (Lipinski definition) is 2. The monoisotopic (exact) mass is 403 g/mol. The van der Waals surface area contributed by atoms with E-state index in [0.29, 0.717) is 31.9 Å². The number of benzene rings is 1. The number of ether oxygens (including phenoxy) is 1. The van der Waals surface area contributed by atoms with Crippen LogP contribution in [0.2, 0.25) is 0 Å². The fourth-order valence-corrected chi connectivity index (χ4v) is 3.25. The summed E-state index contributed by atoms with van der Waals surface area (Å²) in [6.07, 6.45) is 2.28. The van der Waals surface area contributed by atoms with Gasteiger partial charge in [-0.25, -0.2) is 4.79 Å². The van der Waals surface area contributed by atoms with Gasteiger partial charge in [-0.3, -0.25) is 14.5 Å². The number of urea groups is 1. The van der Waals surface area contributed by atoms with Crippen LogP contribution < -0.4 is 10.6 Å². The van der Waals surface area contributed by atoms with E-state index in [0.717, 1.165) is 23.1 Å². The number of nitrogens with zero attached hydrogens (tertiary/aromatic N) is 1. The first-order chi connectivity index (χ1) is 13.6. The second-order valence-corrected chi connectivity index (χ2v) is 7.02. The van der Waals surface area contributed by atoms with Crippen LogP contribution in [0.4, 0.5) is 15.3 Å². The molecule has 1 aliphatic rings. The highest BCUT2D eigenvalue weighted by Gasteiger charge is 2.29. The van der Waals surface area contributed by atoms with Crippen LogP contribution in [0, 0.1) is 0 Å². The molecule has 0 atom stereocenters. The summed E-state index contributed by atoms with van der Waals surface area (Å²) < 4.78 is 10.6. The molecule has 4 amide bonds. The van der Waals surface area contributed by atoms with Gasteiger partial charge >= 0.3 is 6.03 Å². The molecule has 3 rings (SSSR count). The Balaban J connectivity index is 1.32. The molecular formula is C19H21N3O5S. The summed E-state index contributed by atoms with van der Waals surface area (Å²) in [4.78, 5) is 36.4. The van der Waals surface area contributed by atoms with E-state index in [1.807, 2.05) is 12.1 Å². The molecule has 0 bridgehead atoms. The molecule has 0 radical (unpaired) electrons. The molecule has 2 aromatic rings. The molecule has 1 fully saturated rings. The lowest BCUT2D eigenvalue weighted by Gasteiger charge is -2.13. The Hall–Kier alpha value is -2.78. The molecule has 0 spiro atoms. The molecule has 9 heteroatoms. The number of anilines is 1. The molecule has 28 heavy (non-hydrogen) atoms. The average Bonchev–Trinajstić information content (AvgIpc) is 3.31. The van der Waals surface area contributed by atoms with Gasteiger partial charge in [0, 0.05) is 18.8 Å². The number of hydrogen-bond acceptors (Lipinski definition) is 6. The summed E-state index contributed by atoms with van der Waals surface area (Å²) in [5, 5.41) is 5.27. The zero-order valence-electron chi connectivity index (χ0n) is 15.2. The van der Waals surface area contributed by atoms with E-state index >= 15 is 0 Å². The SMILES string of the molecule is O=C(NCCCOCc1ccco1)Nc1ccc(CN2C(=O)CSC2=O)cc1. The Morgan fingerprint density at radius 1 is 1.21 bits per heavy atom. The van der Waals surface area contributed by atoms with Crippen molar-refractivity contribution in [1.82, 2.24) is 10.2 Å². The normalized spacial score (nSPS) is 13.8. The molecule has 0 aliphatic carbocycles. The predicted octanol–water partition coefficient (Wildman–Crippen LogP) is 3.20. The highest BCUT2D eigenvalue weighted by molar-refractivity contribution is 8.14. The zero-order valence-corrected chi connectivity index (χ0v) is 16.0. The van der Waals surface area contributed by atoms with Gasteiger partial charge in [0.1, 0.15) is 12.4 Å². The minimum absolute atomic E-state index is 0.176. The van der Waals surface area contributed by atoms with E-state index in [-0.39, 0.29) is 29.5 Å². The third-order valence-corrected chi connectivity index (χ3v) is 4.83. The number of nitrogens with one attached hydrogen (secondary N) is 2. The summed E-state index contributed by atoms with van der Waals surface area (Å²) in [7, 11) is 0. The minimum Gasteiger partial charge on any atom is -0.467 e. The number of rotatable bonds is 9. The highest BCUT2D eigenvalue weighted by Crippen LogP contribution is 2.21. The van der Waals surface area contributed by atoms with Gasteiger partial charge in [0.15, 0.2) is 0 Å². The van der Waals surface area contributed by atoms with Crippen LogP contribution in [0.3, 0.4) is 0 Å². The molecule has 1 aliphatic heterocycles. The molecule has 2 N–H and O–H groups in total. The first-order valence-electron chi connectivity index (χ1n) is 8.83. The van der Waals surface area contributed by atoms with E-state index < -0.39 is 0 Å². The first-order valence-corrected chi connectivity index (χ1v) is 9.81. The minimum atomic E-state index is -0.305. The van der Waals surface area contributed by atoms with Crippen LogP contribution in [-0.2, 0) is 22.7 Å². The first kappa shape index (κ1) is 20.0. The summed E-state index contributed by atoms with van der Waals surface area (Å²) in [6.45, 7) is 1.66. The van der Waals surface area contributed by atoms with E-state index in [1.165, 1.54) is 4.90 Å². The Bertz CT molecular complexity index is 791. The molecule has 8 nitrogen and oxygen atoms in total. The maximum absolute atomic E-state index is 11.9. The van der Waals surface area contributed by atoms with Gasteiger partial charge in [0.2, 0.25) is 5.91 Å². The van der Waals surface area contributed by atoms with Gasteiger partial charge < -0.3 is 19.8 Å². The molecule has 1 aromatic heterocycles. The maximum Gasteiger partial charge on any atom is 0.319 e. The van der Waals surface area contributed by atoms with Gasteiger partial charge in [-0.2, -0.15) is 0 Å². The third kappa shape index (κ3) is 5.86. The Morgan fingerprint density at radius 3 is 2.71 bits per heavy atom. The number of imide groups is 1. The lowest BCUT2D eigenvalue weighted by Crippen LogP contribution is -2.30. The smallest absolute Gasteiger partial charge is 0.319 e. The maximum atomic E-state index is 11.9. The van der Waals surface area contributed by atoms with Crippen molar-refractivity contribution in [2.24, 2.45) is 0 Å². The number of thioether (sulfide) groups is 1. The number of amides is 4. The molecule has 1 saturated heterocycles. The molecule has 0 saturated carbocycles. The quantitative estimate of drug-likeness (QED) is 0.624. The molecule has 2 heterocycles. The lowest BCUT2D eigenvalue weighted by molar-refractivity contribution is -0.125. The fraction of sp³-hybridized carbons (Fsp3) is 0.316. The van der Waals surface area contributed by atoms with Gasteiger partial charge in [-0.15, -0.1) is 0 Å². The fourth-order valence-electron chi connectivity index (χ4n) is 2.53. The standard InChI is InChI=1S/C19H21N3O5S/c23-17-13-28-19(25)22(17)11-14-4-6-15(7-5-14)21-18(24)20-8-2-9-26-12-16-3-1-10-27-16/h1,3-7,10H,2,8-9,11-13H2,(H2,20,21,24). The zero-order chi connectivity index (χ0) is 19.8. The average molecular weight is 403 g/mol. The number of furan rings is 1. The van der Waals surface area contributed by atoms with Crippen molar-refractivity contribution in [3.8, 4) is 0 Å². The summed E-state index contributed by atoms with van der Waals surface area (Å²) >= 11 is 1.01. The van der Waals surface area contributed by atoms with Crippen molar-refractivity contribution in [2.75, 3.05) is 24.2 Å². The molecular weight excluding hydrogens is 382 g/mol. The predicted molar refractivity (Wildman–Crippen MR) is 105 cm³/mol. The highest BCUT2D eigenvalue weighted by atomic mass is 32.2. The van der Waals surface area contributed by atoms with E-state index in [9.17, 15) is 14.4 Å². The van der Waals surface area contributed by atoms with Crippen molar-refractivity contribution in [2.45, 2.75) is 19.6 Å². The lowest BCUT2D eigenvalue weighted by atomic mass is 10.2. The van der Waals surface area contributed by atoms with E-state index in [2.05, 4.69) is 10.6 Å². The van der Waals surface area contributed by atoms with Gasteiger partial charge in [0.25, 0.3) is 5.24 Å². The van der Waals surface area contributed by atoms with Crippen LogP contribution >= 0.6 is 11.8 Å². The number of carbonyl (C=O) groups is 3. The molecule has 148 valence electrons. The van der Waals surface area contributed by atoms with Crippen molar-refractivity contribution in [3.63, 3.8) is 0 Å². The Labute approximate surface area is 166 Å².